The average Bonchev–Trinajstić information content (AvgIpc) is 2.13. The molecule has 0 saturated carbocycles. The Morgan fingerprint density at radius 2 is 0.875 bits per heavy atom. The molecular formula is C12H30Br2N2. The number of rotatable bonds is 7. The molecule has 0 aromatic rings. The summed E-state index contributed by atoms with van der Waals surface area (Å²) >= 11 is 0. The van der Waals surface area contributed by atoms with Gasteiger partial charge < -0.3 is 42.9 Å². The van der Waals surface area contributed by atoms with Crippen molar-refractivity contribution in [2.75, 3.05) is 54.4 Å². The molecule has 0 atom stereocenters. The molecular weight excluding hydrogens is 332 g/mol. The molecule has 0 unspecified atom stereocenters. The smallest absolute Gasteiger partial charge is 0.0784 e. The van der Waals surface area contributed by atoms with E-state index in [0.717, 1.165) is 0 Å². The Labute approximate surface area is 124 Å². The highest BCUT2D eigenvalue weighted by atomic mass is 79.9. The molecule has 0 radical (unpaired) electrons. The summed E-state index contributed by atoms with van der Waals surface area (Å²) in [6.45, 7) is 9.66. The number of nitrogens with zero attached hydrogens (tertiary/aromatic N) is 2. The van der Waals surface area contributed by atoms with Crippen molar-refractivity contribution in [2.24, 2.45) is 0 Å². The van der Waals surface area contributed by atoms with Crippen molar-refractivity contribution >= 4 is 0 Å². The maximum absolute atomic E-state index is 2.32. The van der Waals surface area contributed by atoms with E-state index in [-0.39, 0.29) is 34.0 Å². The first-order valence-corrected chi connectivity index (χ1v) is 5.97. The molecule has 0 heterocycles. The molecule has 16 heavy (non-hydrogen) atoms. The molecule has 0 spiro atoms. The maximum Gasteiger partial charge on any atom is 0.0784 e. The minimum absolute atomic E-state index is 0. The number of hydrogen-bond acceptors (Lipinski definition) is 0. The van der Waals surface area contributed by atoms with Gasteiger partial charge in [0.15, 0.2) is 0 Å². The van der Waals surface area contributed by atoms with E-state index < -0.39 is 0 Å². The van der Waals surface area contributed by atoms with Crippen LogP contribution in [-0.4, -0.2) is 63.3 Å². The topological polar surface area (TPSA) is 0 Å². The number of unbranched alkanes of at least 4 members (excludes halogenated alkanes) is 1. The molecule has 0 aliphatic carbocycles. The standard InChI is InChI=1S/C12H30N2.2BrH/c1-7-13(3,4)11-9-10-12-14(5,6)8-2;;/h7-12H2,1-6H3;2*1H/q+2;;/p-2. The van der Waals surface area contributed by atoms with Crippen LogP contribution < -0.4 is 34.0 Å². The van der Waals surface area contributed by atoms with Gasteiger partial charge in [0.2, 0.25) is 0 Å². The van der Waals surface area contributed by atoms with Gasteiger partial charge in [0, 0.05) is 12.8 Å². The van der Waals surface area contributed by atoms with Crippen LogP contribution in [-0.2, 0) is 0 Å². The Morgan fingerprint density at radius 3 is 1.06 bits per heavy atom. The lowest BCUT2D eigenvalue weighted by molar-refractivity contribution is -0.895. The van der Waals surface area contributed by atoms with E-state index in [1.807, 2.05) is 0 Å². The largest absolute Gasteiger partial charge is 1.00 e. The molecule has 0 aliphatic rings. The molecule has 0 aromatic heterocycles. The molecule has 0 fully saturated rings. The van der Waals surface area contributed by atoms with Gasteiger partial charge in [-0.05, 0) is 13.8 Å². The third kappa shape index (κ3) is 11.4. The Hall–Kier alpha value is 0.880. The summed E-state index contributed by atoms with van der Waals surface area (Å²) in [4.78, 5) is 0. The maximum atomic E-state index is 2.32. The number of hydrogen-bond donors (Lipinski definition) is 0. The fourth-order valence-electron chi connectivity index (χ4n) is 1.40. The second kappa shape index (κ2) is 9.86. The van der Waals surface area contributed by atoms with Gasteiger partial charge in [-0.3, -0.25) is 0 Å². The van der Waals surface area contributed by atoms with Crippen LogP contribution in [0, 0.1) is 0 Å². The summed E-state index contributed by atoms with van der Waals surface area (Å²) in [5.74, 6) is 0. The van der Waals surface area contributed by atoms with E-state index in [9.17, 15) is 0 Å². The van der Waals surface area contributed by atoms with Crippen LogP contribution in [0.2, 0.25) is 0 Å². The first-order valence-electron chi connectivity index (χ1n) is 5.97. The zero-order valence-electron chi connectivity index (χ0n) is 11.9. The summed E-state index contributed by atoms with van der Waals surface area (Å²) in [5.41, 5.74) is 0. The summed E-state index contributed by atoms with van der Waals surface area (Å²) in [7, 11) is 9.28. The van der Waals surface area contributed by atoms with Crippen LogP contribution in [0.15, 0.2) is 0 Å². The van der Waals surface area contributed by atoms with Crippen molar-refractivity contribution in [1.29, 1.82) is 0 Å². The summed E-state index contributed by atoms with van der Waals surface area (Å²) in [6.07, 6.45) is 2.73. The summed E-state index contributed by atoms with van der Waals surface area (Å²) in [5, 5.41) is 0. The molecule has 0 bridgehead atoms. The molecule has 0 N–H and O–H groups in total. The molecule has 4 heteroatoms. The van der Waals surface area contributed by atoms with Crippen molar-refractivity contribution in [3.05, 3.63) is 0 Å². The van der Waals surface area contributed by atoms with Crippen LogP contribution in [0.3, 0.4) is 0 Å². The lowest BCUT2D eigenvalue weighted by atomic mass is 10.2. The van der Waals surface area contributed by atoms with Crippen molar-refractivity contribution in [3.63, 3.8) is 0 Å². The van der Waals surface area contributed by atoms with Crippen LogP contribution in [0.1, 0.15) is 26.7 Å². The lowest BCUT2D eigenvalue weighted by Gasteiger charge is -2.30. The van der Waals surface area contributed by atoms with E-state index in [0.29, 0.717) is 0 Å². The molecule has 0 rings (SSSR count). The number of quaternary nitrogens is 2. The summed E-state index contributed by atoms with van der Waals surface area (Å²) in [6, 6.07) is 0. The third-order valence-electron chi connectivity index (χ3n) is 3.49. The molecule has 0 saturated heterocycles. The minimum atomic E-state index is 0. The fourth-order valence-corrected chi connectivity index (χ4v) is 1.40. The van der Waals surface area contributed by atoms with E-state index in [1.165, 1.54) is 48.0 Å². The van der Waals surface area contributed by atoms with Gasteiger partial charge in [-0.2, -0.15) is 0 Å². The van der Waals surface area contributed by atoms with Gasteiger partial charge in [0.05, 0.1) is 54.4 Å². The molecule has 2 nitrogen and oxygen atoms in total. The zero-order valence-corrected chi connectivity index (χ0v) is 15.1. The highest BCUT2D eigenvalue weighted by molar-refractivity contribution is 4.39. The molecule has 0 aliphatic heterocycles. The SMILES string of the molecule is CC[N+](C)(C)CCCC[N+](C)(C)CC.[Br-].[Br-]. The first kappa shape index (κ1) is 22.1. The van der Waals surface area contributed by atoms with Crippen LogP contribution in [0.5, 0.6) is 0 Å². The highest BCUT2D eigenvalue weighted by Gasteiger charge is 2.14. The summed E-state index contributed by atoms with van der Waals surface area (Å²) < 4.78 is 2.33. The van der Waals surface area contributed by atoms with E-state index in [1.54, 1.807) is 0 Å². The lowest BCUT2D eigenvalue weighted by Crippen LogP contribution is -3.00. The van der Waals surface area contributed by atoms with Crippen LogP contribution >= 0.6 is 0 Å². The van der Waals surface area contributed by atoms with Gasteiger partial charge in [0.1, 0.15) is 0 Å². The first-order chi connectivity index (χ1) is 6.33. The molecule has 0 aromatic carbocycles. The third-order valence-corrected chi connectivity index (χ3v) is 3.49. The Bertz CT molecular complexity index is 141. The average molecular weight is 362 g/mol. The van der Waals surface area contributed by atoms with Crippen LogP contribution in [0.25, 0.3) is 0 Å². The molecule has 102 valence electrons. The highest BCUT2D eigenvalue weighted by Crippen LogP contribution is 2.04. The minimum Gasteiger partial charge on any atom is -1.00 e. The zero-order chi connectivity index (χ0) is 11.2. The Kier molecular flexibility index (Phi) is 13.6. The monoisotopic (exact) mass is 360 g/mol. The van der Waals surface area contributed by atoms with Gasteiger partial charge >= 0.3 is 0 Å². The fraction of sp³-hybridized carbons (Fsp3) is 1.00. The van der Waals surface area contributed by atoms with E-state index >= 15 is 0 Å². The van der Waals surface area contributed by atoms with Crippen LogP contribution in [0.4, 0.5) is 0 Å². The Morgan fingerprint density at radius 1 is 0.625 bits per heavy atom. The van der Waals surface area contributed by atoms with E-state index in [2.05, 4.69) is 42.0 Å². The second-order valence-corrected chi connectivity index (χ2v) is 5.66. The normalized spacial score (nSPS) is 11.6. The molecule has 0 amide bonds. The van der Waals surface area contributed by atoms with Gasteiger partial charge in [-0.1, -0.05) is 0 Å². The van der Waals surface area contributed by atoms with E-state index in [4.69, 9.17) is 0 Å². The van der Waals surface area contributed by atoms with Gasteiger partial charge in [0.25, 0.3) is 0 Å². The quantitative estimate of drug-likeness (QED) is 0.320. The van der Waals surface area contributed by atoms with Crippen molar-refractivity contribution in [2.45, 2.75) is 26.7 Å². The van der Waals surface area contributed by atoms with Gasteiger partial charge in [-0.25, -0.2) is 0 Å². The Balaban J connectivity index is -0.000000845. The van der Waals surface area contributed by atoms with Crippen molar-refractivity contribution < 1.29 is 42.9 Å². The van der Waals surface area contributed by atoms with Gasteiger partial charge in [-0.15, -0.1) is 0 Å². The predicted molar refractivity (Wildman–Crippen MR) is 64.3 cm³/mol. The van der Waals surface area contributed by atoms with Crippen molar-refractivity contribution in [3.8, 4) is 0 Å². The second-order valence-electron chi connectivity index (χ2n) is 5.66. The van der Waals surface area contributed by atoms with Crippen molar-refractivity contribution in [1.82, 2.24) is 0 Å². The number of halogens is 2. The predicted octanol–water partition coefficient (Wildman–Crippen LogP) is -4.03.